The molecule has 0 radical (unpaired) electrons. The van der Waals surface area contributed by atoms with Crippen LogP contribution in [0.25, 0.3) is 0 Å². The van der Waals surface area contributed by atoms with E-state index < -0.39 is 0 Å². The molecule has 0 saturated heterocycles. The lowest BCUT2D eigenvalue weighted by molar-refractivity contribution is 0.262. The Balaban J connectivity index is 2.19. The number of methoxy groups -OCH3 is 1. The predicted molar refractivity (Wildman–Crippen MR) is 96.6 cm³/mol. The van der Waals surface area contributed by atoms with E-state index in [-0.39, 0.29) is 16.3 Å². The Bertz CT molecular complexity index is 826. The smallest absolute Gasteiger partial charge is 0.291 e. The van der Waals surface area contributed by atoms with Crippen LogP contribution in [0.1, 0.15) is 51.5 Å². The highest BCUT2D eigenvalue weighted by molar-refractivity contribution is 5.52. The highest BCUT2D eigenvalue weighted by atomic mass is 16.6. The molecule has 3 heteroatoms. The average molecular weight is 328 g/mol. The van der Waals surface area contributed by atoms with Gasteiger partial charge in [0.15, 0.2) is 5.43 Å². The molecule has 1 fully saturated rings. The van der Waals surface area contributed by atoms with E-state index >= 15 is 0 Å². The third-order valence-corrected chi connectivity index (χ3v) is 6.78. The molecule has 0 amide bonds. The molecule has 1 aromatic rings. The number of rotatable bonds is 3. The summed E-state index contributed by atoms with van der Waals surface area (Å²) in [7, 11) is 1.55. The van der Waals surface area contributed by atoms with E-state index in [2.05, 4.69) is 46.8 Å². The van der Waals surface area contributed by atoms with Crippen molar-refractivity contribution in [3.63, 3.8) is 0 Å². The van der Waals surface area contributed by atoms with Crippen LogP contribution in [-0.4, -0.2) is 7.11 Å². The minimum Gasteiger partial charge on any atom is -0.468 e. The summed E-state index contributed by atoms with van der Waals surface area (Å²) in [4.78, 5) is 12.6. The van der Waals surface area contributed by atoms with Crippen molar-refractivity contribution in [3.05, 3.63) is 50.4 Å². The molecule has 3 nitrogen and oxygen atoms in total. The van der Waals surface area contributed by atoms with Crippen LogP contribution in [0.15, 0.2) is 32.5 Å². The Hall–Kier alpha value is -1.77. The molecular formula is C21H28O3. The summed E-state index contributed by atoms with van der Waals surface area (Å²) in [5.74, 6) is 1.98. The molecule has 0 unspecified atom stereocenters. The number of hydrogen-bond acceptors (Lipinski definition) is 3. The van der Waals surface area contributed by atoms with Crippen LogP contribution in [-0.2, 0) is 5.41 Å². The van der Waals surface area contributed by atoms with Crippen molar-refractivity contribution in [2.45, 2.75) is 53.9 Å². The summed E-state index contributed by atoms with van der Waals surface area (Å²) in [6.45, 7) is 14.7. The average Bonchev–Trinajstić information content (AvgIpc) is 2.86. The van der Waals surface area contributed by atoms with Crippen molar-refractivity contribution in [2.75, 3.05) is 7.11 Å². The number of ether oxygens (including phenoxy) is 1. The first-order chi connectivity index (χ1) is 11.1. The van der Waals surface area contributed by atoms with Gasteiger partial charge in [0.1, 0.15) is 5.76 Å². The molecular weight excluding hydrogens is 300 g/mol. The first-order valence-corrected chi connectivity index (χ1v) is 8.66. The van der Waals surface area contributed by atoms with Crippen LogP contribution in [0.5, 0.6) is 5.95 Å². The summed E-state index contributed by atoms with van der Waals surface area (Å²) in [6, 6.07) is 0. The predicted octanol–water partition coefficient (Wildman–Crippen LogP) is 4.70. The zero-order chi connectivity index (χ0) is 18.0. The van der Waals surface area contributed by atoms with Crippen molar-refractivity contribution in [3.8, 4) is 5.95 Å². The summed E-state index contributed by atoms with van der Waals surface area (Å²) >= 11 is 0. The Morgan fingerprint density at radius 2 is 1.88 bits per heavy atom. The van der Waals surface area contributed by atoms with Gasteiger partial charge in [0.05, 0.1) is 12.7 Å². The van der Waals surface area contributed by atoms with E-state index in [1.54, 1.807) is 14.0 Å². The zero-order valence-corrected chi connectivity index (χ0v) is 16.0. The topological polar surface area (TPSA) is 39.4 Å². The Morgan fingerprint density at radius 3 is 2.42 bits per heavy atom. The minimum atomic E-state index is -0.175. The number of hydrogen-bond donors (Lipinski definition) is 0. The second-order valence-corrected chi connectivity index (χ2v) is 7.86. The first-order valence-electron chi connectivity index (χ1n) is 8.66. The van der Waals surface area contributed by atoms with Gasteiger partial charge in [-0.3, -0.25) is 4.79 Å². The Kier molecular flexibility index (Phi) is 3.63. The summed E-state index contributed by atoms with van der Waals surface area (Å²) in [5, 5.41) is 0. The van der Waals surface area contributed by atoms with Crippen molar-refractivity contribution >= 4 is 0 Å². The lowest BCUT2D eigenvalue weighted by atomic mass is 9.82. The molecule has 3 rings (SSSR count). The lowest BCUT2D eigenvalue weighted by Gasteiger charge is -2.24. The molecule has 0 bridgehead atoms. The molecule has 2 aliphatic rings. The first kappa shape index (κ1) is 17.1. The van der Waals surface area contributed by atoms with Gasteiger partial charge in [0, 0.05) is 22.3 Å². The van der Waals surface area contributed by atoms with E-state index in [1.807, 2.05) is 6.92 Å². The third kappa shape index (κ3) is 1.81. The highest BCUT2D eigenvalue weighted by Crippen LogP contribution is 2.78. The molecule has 2 aliphatic carbocycles. The quantitative estimate of drug-likeness (QED) is 0.755. The lowest BCUT2D eigenvalue weighted by Crippen LogP contribution is -2.23. The van der Waals surface area contributed by atoms with Crippen LogP contribution in [0.4, 0.5) is 0 Å². The number of fused-ring (bicyclic) bond motifs is 1. The van der Waals surface area contributed by atoms with Crippen LogP contribution < -0.4 is 10.2 Å². The molecule has 130 valence electrons. The van der Waals surface area contributed by atoms with Gasteiger partial charge < -0.3 is 9.15 Å². The van der Waals surface area contributed by atoms with E-state index in [1.165, 1.54) is 11.1 Å². The van der Waals surface area contributed by atoms with Crippen molar-refractivity contribution in [1.82, 2.24) is 0 Å². The molecule has 1 saturated carbocycles. The normalized spacial score (nSPS) is 34.8. The van der Waals surface area contributed by atoms with Gasteiger partial charge in [-0.25, -0.2) is 0 Å². The second-order valence-electron chi connectivity index (χ2n) is 7.86. The monoisotopic (exact) mass is 328 g/mol. The van der Waals surface area contributed by atoms with Gasteiger partial charge in [-0.15, -0.1) is 0 Å². The minimum absolute atomic E-state index is 0.0208. The van der Waals surface area contributed by atoms with E-state index in [0.717, 1.165) is 5.76 Å². The fourth-order valence-corrected chi connectivity index (χ4v) is 5.21. The molecule has 0 aromatic carbocycles. The van der Waals surface area contributed by atoms with E-state index in [4.69, 9.17) is 9.15 Å². The molecule has 0 aliphatic heterocycles. The van der Waals surface area contributed by atoms with Crippen molar-refractivity contribution in [2.24, 2.45) is 17.3 Å². The molecule has 0 N–H and O–H groups in total. The molecule has 1 aromatic heterocycles. The molecule has 4 atom stereocenters. The largest absolute Gasteiger partial charge is 0.468 e. The highest BCUT2D eigenvalue weighted by Gasteiger charge is 2.77. The van der Waals surface area contributed by atoms with Gasteiger partial charge in [-0.05, 0) is 40.5 Å². The third-order valence-electron chi connectivity index (χ3n) is 6.78. The van der Waals surface area contributed by atoms with Crippen LogP contribution >= 0.6 is 0 Å². The second kappa shape index (κ2) is 5.11. The van der Waals surface area contributed by atoms with E-state index in [0.29, 0.717) is 28.9 Å². The van der Waals surface area contributed by atoms with Gasteiger partial charge in [0.25, 0.3) is 5.95 Å². The molecule has 1 heterocycles. The van der Waals surface area contributed by atoms with Gasteiger partial charge >= 0.3 is 0 Å². The van der Waals surface area contributed by atoms with Crippen LogP contribution in [0.2, 0.25) is 0 Å². The maximum absolute atomic E-state index is 12.6. The SMILES string of the molecule is CC=C(C)[C@H]1C(C)=C[C@@]2(C)[C@@H]1[C@]2(C)c1oc(OC)c(C)c(=O)c1C. The zero-order valence-electron chi connectivity index (χ0n) is 16.0. The fourth-order valence-electron chi connectivity index (χ4n) is 5.21. The maximum Gasteiger partial charge on any atom is 0.291 e. The fraction of sp³-hybridized carbons (Fsp3) is 0.571. The Labute approximate surface area is 144 Å². The van der Waals surface area contributed by atoms with Crippen molar-refractivity contribution < 1.29 is 9.15 Å². The molecule has 24 heavy (non-hydrogen) atoms. The van der Waals surface area contributed by atoms with Crippen molar-refractivity contribution in [1.29, 1.82) is 0 Å². The molecule has 0 spiro atoms. The van der Waals surface area contributed by atoms with Gasteiger partial charge in [-0.2, -0.15) is 0 Å². The van der Waals surface area contributed by atoms with Crippen LogP contribution in [0.3, 0.4) is 0 Å². The van der Waals surface area contributed by atoms with E-state index in [9.17, 15) is 4.79 Å². The summed E-state index contributed by atoms with van der Waals surface area (Å²) < 4.78 is 11.4. The number of allylic oxidation sites excluding steroid dienone is 4. The summed E-state index contributed by atoms with van der Waals surface area (Å²) in [6.07, 6.45) is 4.59. The van der Waals surface area contributed by atoms with Gasteiger partial charge in [0.2, 0.25) is 0 Å². The van der Waals surface area contributed by atoms with Gasteiger partial charge in [-0.1, -0.05) is 37.1 Å². The maximum atomic E-state index is 12.6. The Morgan fingerprint density at radius 1 is 1.25 bits per heavy atom. The summed E-state index contributed by atoms with van der Waals surface area (Å²) in [5.41, 5.74) is 3.96. The standard InChI is InChI=1S/C21H28O3/c1-9-11(2)15-12(3)10-20(6)17(15)21(20,7)18-13(4)16(22)14(5)19(23-8)24-18/h9-10,15,17H,1-8H3/t15-,17+,20-,21+/m0/s1. The van der Waals surface area contributed by atoms with Crippen LogP contribution in [0, 0.1) is 31.1 Å².